The lowest BCUT2D eigenvalue weighted by atomic mass is 10.1. The van der Waals surface area contributed by atoms with Crippen LogP contribution in [0.15, 0.2) is 45.9 Å². The minimum absolute atomic E-state index is 0.0000486. The molecule has 0 saturated heterocycles. The maximum atomic E-state index is 12.1. The standard InChI is InChI=1S/C19H24N4O3/c1-14(13-22-11-9-20-15(22)2)12-21-18(24)8-5-10-23-16-6-3-4-7-17(16)26-19(23)25/h3-4,6-7,9,11,14H,5,8,10,12-13H2,1-2H3,(H,21,24). The van der Waals surface area contributed by atoms with Gasteiger partial charge in [0.15, 0.2) is 5.58 Å². The van der Waals surface area contributed by atoms with Crippen molar-refractivity contribution in [3.05, 3.63) is 53.0 Å². The van der Waals surface area contributed by atoms with E-state index in [1.807, 2.05) is 31.3 Å². The fraction of sp³-hybridized carbons (Fsp3) is 0.421. The number of aromatic nitrogens is 3. The largest absolute Gasteiger partial charge is 0.419 e. The first-order valence-corrected chi connectivity index (χ1v) is 8.87. The van der Waals surface area contributed by atoms with Crippen molar-refractivity contribution in [2.75, 3.05) is 6.54 Å². The second-order valence-corrected chi connectivity index (χ2v) is 6.63. The van der Waals surface area contributed by atoms with Crippen LogP contribution in [0.5, 0.6) is 0 Å². The van der Waals surface area contributed by atoms with Crippen LogP contribution < -0.4 is 11.1 Å². The number of carbonyl (C=O) groups excluding carboxylic acids is 1. The third-order valence-electron chi connectivity index (χ3n) is 4.44. The maximum absolute atomic E-state index is 12.1. The molecule has 0 aliphatic heterocycles. The monoisotopic (exact) mass is 356 g/mol. The molecule has 1 aromatic carbocycles. The number of hydrogen-bond acceptors (Lipinski definition) is 4. The summed E-state index contributed by atoms with van der Waals surface area (Å²) in [5, 5.41) is 2.96. The van der Waals surface area contributed by atoms with Crippen molar-refractivity contribution in [3.63, 3.8) is 0 Å². The Balaban J connectivity index is 1.43. The Bertz CT molecular complexity index is 938. The predicted molar refractivity (Wildman–Crippen MR) is 98.8 cm³/mol. The molecule has 0 bridgehead atoms. The average Bonchev–Trinajstić information content (AvgIpc) is 3.16. The van der Waals surface area contributed by atoms with Gasteiger partial charge < -0.3 is 14.3 Å². The number of aryl methyl sites for hydroxylation is 2. The lowest BCUT2D eigenvalue weighted by molar-refractivity contribution is -0.121. The average molecular weight is 356 g/mol. The molecule has 1 atom stereocenters. The zero-order chi connectivity index (χ0) is 18.5. The highest BCUT2D eigenvalue weighted by Crippen LogP contribution is 2.12. The summed E-state index contributed by atoms with van der Waals surface area (Å²) >= 11 is 0. The zero-order valence-electron chi connectivity index (χ0n) is 15.1. The lowest BCUT2D eigenvalue weighted by Gasteiger charge is -2.14. The second-order valence-electron chi connectivity index (χ2n) is 6.63. The van der Waals surface area contributed by atoms with Gasteiger partial charge in [-0.2, -0.15) is 0 Å². The van der Waals surface area contributed by atoms with Crippen LogP contribution in [0.4, 0.5) is 0 Å². The van der Waals surface area contributed by atoms with Crippen LogP contribution in [0.2, 0.25) is 0 Å². The first-order valence-electron chi connectivity index (χ1n) is 8.87. The highest BCUT2D eigenvalue weighted by molar-refractivity contribution is 5.76. The normalized spacial score (nSPS) is 12.4. The molecule has 2 heterocycles. The number of imidazole rings is 1. The van der Waals surface area contributed by atoms with Crippen LogP contribution in [-0.2, 0) is 17.9 Å². The predicted octanol–water partition coefficient (Wildman–Crippen LogP) is 2.33. The molecule has 1 N–H and O–H groups in total. The lowest BCUT2D eigenvalue weighted by Crippen LogP contribution is -2.30. The number of oxazole rings is 1. The Morgan fingerprint density at radius 1 is 1.35 bits per heavy atom. The highest BCUT2D eigenvalue weighted by atomic mass is 16.4. The summed E-state index contributed by atoms with van der Waals surface area (Å²) in [5.74, 6) is 0.907. The molecular formula is C19H24N4O3. The molecule has 3 rings (SSSR count). The molecule has 7 heteroatoms. The molecule has 3 aromatic rings. The van der Waals surface area contributed by atoms with Crippen molar-refractivity contribution in [3.8, 4) is 0 Å². The fourth-order valence-corrected chi connectivity index (χ4v) is 3.00. The van der Waals surface area contributed by atoms with E-state index in [9.17, 15) is 9.59 Å². The van der Waals surface area contributed by atoms with Crippen molar-refractivity contribution in [1.29, 1.82) is 0 Å². The van der Waals surface area contributed by atoms with Crippen LogP contribution in [0.1, 0.15) is 25.6 Å². The van der Waals surface area contributed by atoms with E-state index < -0.39 is 0 Å². The second kappa shape index (κ2) is 8.03. The van der Waals surface area contributed by atoms with Gasteiger partial charge in [0.25, 0.3) is 0 Å². The fourth-order valence-electron chi connectivity index (χ4n) is 3.00. The van der Waals surface area contributed by atoms with Crippen molar-refractivity contribution in [2.45, 2.75) is 39.8 Å². The number of fused-ring (bicyclic) bond motifs is 1. The third-order valence-corrected chi connectivity index (χ3v) is 4.44. The van der Waals surface area contributed by atoms with Crippen molar-refractivity contribution >= 4 is 17.0 Å². The van der Waals surface area contributed by atoms with Crippen LogP contribution >= 0.6 is 0 Å². The van der Waals surface area contributed by atoms with E-state index in [2.05, 4.69) is 21.8 Å². The summed E-state index contributed by atoms with van der Waals surface area (Å²) in [6.07, 6.45) is 4.69. The minimum Gasteiger partial charge on any atom is -0.408 e. The first-order chi connectivity index (χ1) is 12.5. The van der Waals surface area contributed by atoms with E-state index in [0.29, 0.717) is 37.4 Å². The Morgan fingerprint density at radius 2 is 2.15 bits per heavy atom. The van der Waals surface area contributed by atoms with Crippen LogP contribution in [0.3, 0.4) is 0 Å². The molecule has 7 nitrogen and oxygen atoms in total. The molecule has 138 valence electrons. The van der Waals surface area contributed by atoms with Gasteiger partial charge in [-0.05, 0) is 31.4 Å². The summed E-state index contributed by atoms with van der Waals surface area (Å²) < 4.78 is 8.85. The summed E-state index contributed by atoms with van der Waals surface area (Å²) in [5.41, 5.74) is 1.34. The van der Waals surface area contributed by atoms with Gasteiger partial charge in [-0.3, -0.25) is 9.36 Å². The number of hydrogen-bond donors (Lipinski definition) is 1. The molecule has 1 amide bonds. The number of rotatable bonds is 8. The quantitative estimate of drug-likeness (QED) is 0.672. The van der Waals surface area contributed by atoms with Gasteiger partial charge in [-0.15, -0.1) is 0 Å². The number of nitrogens with one attached hydrogen (secondary N) is 1. The Morgan fingerprint density at radius 3 is 2.92 bits per heavy atom. The van der Waals surface area contributed by atoms with E-state index in [-0.39, 0.29) is 11.7 Å². The van der Waals surface area contributed by atoms with E-state index in [4.69, 9.17) is 4.42 Å². The SMILES string of the molecule is Cc1nccn1CC(C)CNC(=O)CCCn1c(=O)oc2ccccc21. The highest BCUT2D eigenvalue weighted by Gasteiger charge is 2.10. The Labute approximate surface area is 151 Å². The summed E-state index contributed by atoms with van der Waals surface area (Å²) in [7, 11) is 0. The van der Waals surface area contributed by atoms with Crippen molar-refractivity contribution in [2.24, 2.45) is 5.92 Å². The zero-order valence-corrected chi connectivity index (χ0v) is 15.1. The number of nitrogens with zero attached hydrogens (tertiary/aromatic N) is 3. The molecule has 0 radical (unpaired) electrons. The molecule has 0 saturated carbocycles. The van der Waals surface area contributed by atoms with Gasteiger partial charge >= 0.3 is 5.76 Å². The molecule has 1 unspecified atom stereocenters. The molecular weight excluding hydrogens is 332 g/mol. The number of benzene rings is 1. The molecule has 2 aromatic heterocycles. The van der Waals surface area contributed by atoms with Gasteiger partial charge in [0.1, 0.15) is 5.82 Å². The van der Waals surface area contributed by atoms with Gasteiger partial charge in [-0.1, -0.05) is 19.1 Å². The Hall–Kier alpha value is -2.83. The van der Waals surface area contributed by atoms with Gasteiger partial charge in [0.05, 0.1) is 5.52 Å². The first kappa shape index (κ1) is 18.0. The number of carbonyl (C=O) groups is 1. The van der Waals surface area contributed by atoms with Crippen LogP contribution in [0, 0.1) is 12.8 Å². The van der Waals surface area contributed by atoms with Gasteiger partial charge in [0.2, 0.25) is 5.91 Å². The minimum atomic E-state index is -0.379. The van der Waals surface area contributed by atoms with E-state index in [1.165, 1.54) is 0 Å². The number of para-hydroxylation sites is 2. The van der Waals surface area contributed by atoms with Gasteiger partial charge in [0, 0.05) is 38.4 Å². The number of amides is 1. The summed E-state index contributed by atoms with van der Waals surface area (Å²) in [6, 6.07) is 7.31. The third kappa shape index (κ3) is 4.22. The Kier molecular flexibility index (Phi) is 5.55. The van der Waals surface area contributed by atoms with Crippen molar-refractivity contribution < 1.29 is 9.21 Å². The van der Waals surface area contributed by atoms with Gasteiger partial charge in [-0.25, -0.2) is 9.78 Å². The maximum Gasteiger partial charge on any atom is 0.419 e. The van der Waals surface area contributed by atoms with Crippen LogP contribution in [-0.4, -0.2) is 26.6 Å². The van der Waals surface area contributed by atoms with E-state index in [0.717, 1.165) is 17.9 Å². The van der Waals surface area contributed by atoms with E-state index >= 15 is 0 Å². The van der Waals surface area contributed by atoms with E-state index in [1.54, 1.807) is 16.8 Å². The molecule has 0 fully saturated rings. The van der Waals surface area contributed by atoms with Crippen LogP contribution in [0.25, 0.3) is 11.1 Å². The molecule has 0 aliphatic carbocycles. The van der Waals surface area contributed by atoms with Crippen molar-refractivity contribution in [1.82, 2.24) is 19.4 Å². The molecule has 26 heavy (non-hydrogen) atoms. The smallest absolute Gasteiger partial charge is 0.408 e. The summed E-state index contributed by atoms with van der Waals surface area (Å²) in [4.78, 5) is 28.1. The topological polar surface area (TPSA) is 82.1 Å². The molecule has 0 aliphatic rings. The molecule has 0 spiro atoms. The summed E-state index contributed by atoms with van der Waals surface area (Å²) in [6.45, 7) is 5.96.